The minimum Gasteiger partial charge on any atom is -0.493 e. The molecule has 1 aromatic carbocycles. The highest BCUT2D eigenvalue weighted by atomic mass is 16.7. The van der Waals surface area contributed by atoms with Gasteiger partial charge in [0.25, 0.3) is 0 Å². The Morgan fingerprint density at radius 1 is 1.33 bits per heavy atom. The van der Waals surface area contributed by atoms with Crippen LogP contribution < -0.4 is 19.5 Å². The van der Waals surface area contributed by atoms with Crippen molar-refractivity contribution in [2.75, 3.05) is 19.9 Å². The Balaban J connectivity index is 1.69. The first kappa shape index (κ1) is 15.5. The Morgan fingerprint density at radius 2 is 2.14 bits per heavy atom. The van der Waals surface area contributed by atoms with Crippen LogP contribution in [0.1, 0.15) is 33.1 Å². The monoisotopic (exact) mass is 290 g/mol. The zero-order chi connectivity index (χ0) is 15.1. The summed E-state index contributed by atoms with van der Waals surface area (Å²) >= 11 is 0. The lowest BCUT2D eigenvalue weighted by Crippen LogP contribution is -2.40. The van der Waals surface area contributed by atoms with Crippen molar-refractivity contribution in [1.29, 1.82) is 5.26 Å². The van der Waals surface area contributed by atoms with Gasteiger partial charge < -0.3 is 14.2 Å². The van der Waals surface area contributed by atoms with E-state index in [0.717, 1.165) is 43.1 Å². The molecule has 0 saturated heterocycles. The van der Waals surface area contributed by atoms with E-state index in [1.807, 2.05) is 32.0 Å². The molecule has 5 heteroatoms. The van der Waals surface area contributed by atoms with Gasteiger partial charge in [0.1, 0.15) is 11.3 Å². The molecule has 1 aromatic rings. The van der Waals surface area contributed by atoms with Crippen molar-refractivity contribution in [3.05, 3.63) is 18.2 Å². The van der Waals surface area contributed by atoms with Crippen molar-refractivity contribution < 1.29 is 14.2 Å². The highest BCUT2D eigenvalue weighted by Gasteiger charge is 2.21. The van der Waals surface area contributed by atoms with Crippen LogP contribution in [0.3, 0.4) is 0 Å². The molecule has 0 bridgehead atoms. The van der Waals surface area contributed by atoms with Gasteiger partial charge in [0.2, 0.25) is 6.79 Å². The van der Waals surface area contributed by atoms with E-state index in [-0.39, 0.29) is 6.79 Å². The largest absolute Gasteiger partial charge is 0.493 e. The number of hydrogen-bond acceptors (Lipinski definition) is 5. The van der Waals surface area contributed by atoms with Crippen molar-refractivity contribution in [3.63, 3.8) is 0 Å². The number of rotatable bonds is 8. The average molecular weight is 290 g/mol. The Bertz CT molecular complexity index is 513. The molecule has 0 amide bonds. The fourth-order valence-corrected chi connectivity index (χ4v) is 2.31. The minimum atomic E-state index is -0.437. The summed E-state index contributed by atoms with van der Waals surface area (Å²) < 4.78 is 16.3. The maximum Gasteiger partial charge on any atom is 0.231 e. The van der Waals surface area contributed by atoms with E-state index in [1.165, 1.54) is 0 Å². The molecular formula is C16H22N2O3. The fourth-order valence-electron chi connectivity index (χ4n) is 2.31. The molecule has 0 aliphatic carbocycles. The number of ether oxygens (including phenoxy) is 3. The molecular weight excluding hydrogens is 268 g/mol. The fraction of sp³-hybridized carbons (Fsp3) is 0.562. The molecule has 114 valence electrons. The minimum absolute atomic E-state index is 0.274. The number of benzene rings is 1. The van der Waals surface area contributed by atoms with Gasteiger partial charge in [-0.25, -0.2) is 0 Å². The third-order valence-corrected chi connectivity index (χ3v) is 3.50. The molecule has 0 aromatic heterocycles. The number of nitriles is 1. The molecule has 1 unspecified atom stereocenters. The van der Waals surface area contributed by atoms with Crippen molar-refractivity contribution in [1.82, 2.24) is 5.32 Å². The molecule has 1 aliphatic rings. The summed E-state index contributed by atoms with van der Waals surface area (Å²) in [6, 6.07) is 7.92. The highest BCUT2D eigenvalue weighted by Crippen LogP contribution is 2.35. The van der Waals surface area contributed by atoms with E-state index in [4.69, 9.17) is 14.2 Å². The summed E-state index contributed by atoms with van der Waals surface area (Å²) in [4.78, 5) is 0. The second kappa shape index (κ2) is 7.19. The molecule has 1 heterocycles. The lowest BCUT2D eigenvalue weighted by Gasteiger charge is -2.22. The van der Waals surface area contributed by atoms with E-state index in [9.17, 15) is 5.26 Å². The van der Waals surface area contributed by atoms with E-state index in [1.54, 1.807) is 0 Å². The maximum absolute atomic E-state index is 9.17. The van der Waals surface area contributed by atoms with Crippen LogP contribution in [0.15, 0.2) is 18.2 Å². The van der Waals surface area contributed by atoms with Crippen molar-refractivity contribution >= 4 is 0 Å². The van der Waals surface area contributed by atoms with Crippen LogP contribution in [0.4, 0.5) is 0 Å². The quantitative estimate of drug-likeness (QED) is 0.746. The first-order valence-corrected chi connectivity index (χ1v) is 7.35. The molecule has 5 nitrogen and oxygen atoms in total. The molecule has 0 radical (unpaired) electrons. The zero-order valence-electron chi connectivity index (χ0n) is 12.6. The number of nitrogens with zero attached hydrogens (tertiary/aromatic N) is 1. The molecule has 1 aliphatic heterocycles. The van der Waals surface area contributed by atoms with Gasteiger partial charge in [-0.3, -0.25) is 5.32 Å². The highest BCUT2D eigenvalue weighted by molar-refractivity contribution is 5.46. The number of unbranched alkanes of at least 4 members (excludes halogenated alkanes) is 1. The van der Waals surface area contributed by atoms with E-state index < -0.39 is 5.54 Å². The molecule has 0 saturated carbocycles. The Labute approximate surface area is 125 Å². The van der Waals surface area contributed by atoms with Crippen LogP contribution in [-0.4, -0.2) is 25.5 Å². The first-order chi connectivity index (χ1) is 10.2. The molecule has 1 atom stereocenters. The molecule has 21 heavy (non-hydrogen) atoms. The van der Waals surface area contributed by atoms with Crippen molar-refractivity contribution in [3.8, 4) is 23.3 Å². The van der Waals surface area contributed by atoms with Gasteiger partial charge in [-0.2, -0.15) is 5.26 Å². The molecule has 2 rings (SSSR count). The third kappa shape index (κ3) is 4.27. The van der Waals surface area contributed by atoms with Crippen molar-refractivity contribution in [2.45, 2.75) is 38.6 Å². The van der Waals surface area contributed by atoms with E-state index in [0.29, 0.717) is 6.61 Å². The Morgan fingerprint density at radius 3 is 2.90 bits per heavy atom. The van der Waals surface area contributed by atoms with Gasteiger partial charge in [-0.15, -0.1) is 0 Å². The lowest BCUT2D eigenvalue weighted by molar-refractivity contribution is 0.173. The van der Waals surface area contributed by atoms with Crippen LogP contribution in [0.2, 0.25) is 0 Å². The van der Waals surface area contributed by atoms with E-state index >= 15 is 0 Å². The zero-order valence-corrected chi connectivity index (χ0v) is 12.6. The second-order valence-corrected chi connectivity index (χ2v) is 5.29. The van der Waals surface area contributed by atoms with Crippen LogP contribution >= 0.6 is 0 Å². The number of nitrogens with one attached hydrogen (secondary N) is 1. The first-order valence-electron chi connectivity index (χ1n) is 7.35. The summed E-state index contributed by atoms with van der Waals surface area (Å²) in [5, 5.41) is 12.4. The maximum atomic E-state index is 9.17. The van der Waals surface area contributed by atoms with Crippen LogP contribution in [0.5, 0.6) is 17.2 Å². The summed E-state index contributed by atoms with van der Waals surface area (Å²) in [7, 11) is 0. The van der Waals surface area contributed by atoms with Gasteiger partial charge in [0.15, 0.2) is 11.5 Å². The predicted octanol–water partition coefficient (Wildman–Crippen LogP) is 2.86. The summed E-state index contributed by atoms with van der Waals surface area (Å²) in [6.45, 7) is 5.66. The van der Waals surface area contributed by atoms with Gasteiger partial charge in [-0.1, -0.05) is 6.92 Å². The number of hydrogen-bond donors (Lipinski definition) is 1. The SMILES string of the molecule is CCNC(C)(C#N)CCCCOc1ccc2c(c1)OCO2. The normalized spacial score (nSPS) is 15.3. The Kier molecular flexibility index (Phi) is 5.29. The van der Waals surface area contributed by atoms with Gasteiger partial charge in [-0.05, 0) is 44.9 Å². The third-order valence-electron chi connectivity index (χ3n) is 3.50. The lowest BCUT2D eigenvalue weighted by atomic mass is 9.97. The number of fused-ring (bicyclic) bond motifs is 1. The van der Waals surface area contributed by atoms with Gasteiger partial charge in [0, 0.05) is 6.07 Å². The average Bonchev–Trinajstić information content (AvgIpc) is 2.95. The topological polar surface area (TPSA) is 63.5 Å². The molecule has 1 N–H and O–H groups in total. The van der Waals surface area contributed by atoms with Crippen LogP contribution in [0.25, 0.3) is 0 Å². The predicted molar refractivity (Wildman–Crippen MR) is 79.6 cm³/mol. The smallest absolute Gasteiger partial charge is 0.231 e. The second-order valence-electron chi connectivity index (χ2n) is 5.29. The van der Waals surface area contributed by atoms with Crippen LogP contribution in [-0.2, 0) is 0 Å². The standard InChI is InChI=1S/C16H22N2O3/c1-3-18-16(2,11-17)8-4-5-9-19-13-6-7-14-15(10-13)21-12-20-14/h6-7,10,18H,3-5,8-9,12H2,1-2H3. The van der Waals surface area contributed by atoms with Crippen molar-refractivity contribution in [2.24, 2.45) is 0 Å². The Hall–Kier alpha value is -1.93. The summed E-state index contributed by atoms with van der Waals surface area (Å²) in [5.74, 6) is 2.28. The molecule has 0 fully saturated rings. The molecule has 0 spiro atoms. The summed E-state index contributed by atoms with van der Waals surface area (Å²) in [5.41, 5.74) is -0.437. The van der Waals surface area contributed by atoms with Gasteiger partial charge >= 0.3 is 0 Å². The summed E-state index contributed by atoms with van der Waals surface area (Å²) in [6.07, 6.45) is 2.68. The van der Waals surface area contributed by atoms with Gasteiger partial charge in [0.05, 0.1) is 12.7 Å². The van der Waals surface area contributed by atoms with Crippen LogP contribution in [0, 0.1) is 11.3 Å². The van der Waals surface area contributed by atoms with E-state index in [2.05, 4.69) is 11.4 Å².